The maximum atomic E-state index is 13.1. The van der Waals surface area contributed by atoms with E-state index < -0.39 is 0 Å². The summed E-state index contributed by atoms with van der Waals surface area (Å²) in [6.07, 6.45) is 2.10. The van der Waals surface area contributed by atoms with Crippen molar-refractivity contribution in [1.29, 1.82) is 0 Å². The van der Waals surface area contributed by atoms with E-state index in [1.165, 1.54) is 12.4 Å². The molecule has 3 nitrogen and oxygen atoms in total. The summed E-state index contributed by atoms with van der Waals surface area (Å²) in [7, 11) is 0. The largest absolute Gasteiger partial charge is 0.340 e. The predicted molar refractivity (Wildman–Crippen MR) is 73.8 cm³/mol. The van der Waals surface area contributed by atoms with Crippen LogP contribution in [0.5, 0.6) is 0 Å². The molecule has 0 aliphatic heterocycles. The molecule has 0 unspecified atom stereocenters. The lowest BCUT2D eigenvalue weighted by atomic mass is 10.2. The number of nitrogens with zero attached hydrogens (tertiary/aromatic N) is 2. The van der Waals surface area contributed by atoms with Crippen molar-refractivity contribution in [2.45, 2.75) is 13.3 Å². The summed E-state index contributed by atoms with van der Waals surface area (Å²) in [5.74, 6) is 0.327. The average Bonchev–Trinajstić information content (AvgIpc) is 2.34. The van der Waals surface area contributed by atoms with E-state index in [2.05, 4.69) is 31.2 Å². The summed E-state index contributed by atoms with van der Waals surface area (Å²) in [6.45, 7) is 1.97. The van der Waals surface area contributed by atoms with E-state index in [4.69, 9.17) is 11.6 Å². The normalized spacial score (nSPS) is 10.4. The molecule has 0 aliphatic rings. The first-order chi connectivity index (χ1) is 8.61. The minimum atomic E-state index is -0.308. The highest BCUT2D eigenvalue weighted by molar-refractivity contribution is 9.10. The van der Waals surface area contributed by atoms with Gasteiger partial charge in [-0.1, -0.05) is 18.5 Å². The standard InChI is InChI=1S/C12H10BrClFN3/c1-2-8-11(14)16-6-17-12(8)18-7-3-4-10(15)9(13)5-7/h3-6H,2H2,1H3,(H,16,17,18). The van der Waals surface area contributed by atoms with Crippen molar-refractivity contribution in [3.8, 4) is 0 Å². The van der Waals surface area contributed by atoms with Gasteiger partial charge in [-0.3, -0.25) is 0 Å². The molecule has 94 valence electrons. The third-order valence-corrected chi connectivity index (χ3v) is 3.36. The molecule has 0 aliphatic carbocycles. The zero-order valence-electron chi connectivity index (χ0n) is 9.54. The summed E-state index contributed by atoms with van der Waals surface area (Å²) in [5, 5.41) is 3.53. The van der Waals surface area contributed by atoms with Gasteiger partial charge < -0.3 is 5.32 Å². The highest BCUT2D eigenvalue weighted by Gasteiger charge is 2.09. The lowest BCUT2D eigenvalue weighted by Gasteiger charge is -2.10. The van der Waals surface area contributed by atoms with Crippen LogP contribution >= 0.6 is 27.5 Å². The summed E-state index contributed by atoms with van der Waals surface area (Å²) in [4.78, 5) is 8.07. The lowest BCUT2D eigenvalue weighted by molar-refractivity contribution is 0.621. The molecule has 0 spiro atoms. The second kappa shape index (κ2) is 5.63. The fourth-order valence-electron chi connectivity index (χ4n) is 1.52. The van der Waals surface area contributed by atoms with Crippen LogP contribution in [0.4, 0.5) is 15.9 Å². The molecule has 0 amide bonds. The molecule has 0 atom stereocenters. The number of halogens is 3. The third kappa shape index (κ3) is 2.79. The molecule has 0 saturated carbocycles. The zero-order valence-corrected chi connectivity index (χ0v) is 11.9. The molecule has 1 N–H and O–H groups in total. The minimum absolute atomic E-state index is 0.308. The van der Waals surface area contributed by atoms with Crippen LogP contribution in [-0.2, 0) is 6.42 Å². The van der Waals surface area contributed by atoms with E-state index in [9.17, 15) is 4.39 Å². The summed E-state index contributed by atoms with van der Waals surface area (Å²) in [5.41, 5.74) is 1.56. The molecule has 0 fully saturated rings. The number of aromatic nitrogens is 2. The Hall–Kier alpha value is -1.20. The van der Waals surface area contributed by atoms with E-state index in [0.29, 0.717) is 21.9 Å². The maximum absolute atomic E-state index is 13.1. The first-order valence-electron chi connectivity index (χ1n) is 5.33. The summed E-state index contributed by atoms with van der Waals surface area (Å²) < 4.78 is 13.5. The Balaban J connectivity index is 2.34. The van der Waals surface area contributed by atoms with Gasteiger partial charge in [0.1, 0.15) is 23.1 Å². The Bertz CT molecular complexity index is 577. The summed E-state index contributed by atoms with van der Waals surface area (Å²) in [6, 6.07) is 4.65. The van der Waals surface area contributed by atoms with Gasteiger partial charge in [-0.25, -0.2) is 14.4 Å². The number of rotatable bonds is 3. The van der Waals surface area contributed by atoms with Gasteiger partial charge in [0.2, 0.25) is 0 Å². The van der Waals surface area contributed by atoms with Crippen LogP contribution in [-0.4, -0.2) is 9.97 Å². The highest BCUT2D eigenvalue weighted by atomic mass is 79.9. The van der Waals surface area contributed by atoms with Crippen LogP contribution in [0.3, 0.4) is 0 Å². The van der Waals surface area contributed by atoms with Crippen LogP contribution in [0.2, 0.25) is 5.15 Å². The molecule has 2 rings (SSSR count). The van der Waals surface area contributed by atoms with Crippen molar-refractivity contribution in [3.05, 3.63) is 45.5 Å². The smallest absolute Gasteiger partial charge is 0.138 e. The number of benzene rings is 1. The fourth-order valence-corrected chi connectivity index (χ4v) is 2.17. The molecule has 18 heavy (non-hydrogen) atoms. The molecule has 0 saturated heterocycles. The minimum Gasteiger partial charge on any atom is -0.340 e. The zero-order chi connectivity index (χ0) is 13.1. The van der Waals surface area contributed by atoms with Gasteiger partial charge in [0.25, 0.3) is 0 Å². The second-order valence-corrected chi connectivity index (χ2v) is 4.81. The lowest BCUT2D eigenvalue weighted by Crippen LogP contribution is -2.00. The number of hydrogen-bond donors (Lipinski definition) is 1. The first-order valence-corrected chi connectivity index (χ1v) is 6.50. The highest BCUT2D eigenvalue weighted by Crippen LogP contribution is 2.26. The average molecular weight is 331 g/mol. The third-order valence-electron chi connectivity index (χ3n) is 2.43. The maximum Gasteiger partial charge on any atom is 0.138 e. The van der Waals surface area contributed by atoms with Crippen molar-refractivity contribution in [3.63, 3.8) is 0 Å². The van der Waals surface area contributed by atoms with Gasteiger partial charge in [0, 0.05) is 11.3 Å². The molecule has 0 bridgehead atoms. The molecule has 1 aromatic heterocycles. The van der Waals surface area contributed by atoms with Crippen molar-refractivity contribution in [2.24, 2.45) is 0 Å². The topological polar surface area (TPSA) is 37.8 Å². The molecule has 6 heteroatoms. The Morgan fingerprint density at radius 3 is 2.83 bits per heavy atom. The Kier molecular flexibility index (Phi) is 4.14. The molecule has 1 aromatic carbocycles. The van der Waals surface area contributed by atoms with Crippen LogP contribution < -0.4 is 5.32 Å². The van der Waals surface area contributed by atoms with Crippen molar-refractivity contribution >= 4 is 39.0 Å². The van der Waals surface area contributed by atoms with Crippen LogP contribution in [0.15, 0.2) is 29.0 Å². The van der Waals surface area contributed by atoms with Gasteiger partial charge in [0.15, 0.2) is 0 Å². The van der Waals surface area contributed by atoms with Gasteiger partial charge in [-0.2, -0.15) is 0 Å². The fraction of sp³-hybridized carbons (Fsp3) is 0.167. The first kappa shape index (κ1) is 13.2. The number of anilines is 2. The Labute approximate surface area is 118 Å². The molecular weight excluding hydrogens is 321 g/mol. The van der Waals surface area contributed by atoms with Crippen molar-refractivity contribution in [2.75, 3.05) is 5.32 Å². The van der Waals surface area contributed by atoms with Crippen LogP contribution in [0.1, 0.15) is 12.5 Å². The molecule has 0 radical (unpaired) electrons. The van der Waals surface area contributed by atoms with E-state index in [1.807, 2.05) is 6.92 Å². The molecular formula is C12H10BrClFN3. The van der Waals surface area contributed by atoms with E-state index in [0.717, 1.165) is 11.3 Å². The van der Waals surface area contributed by atoms with E-state index in [1.54, 1.807) is 12.1 Å². The van der Waals surface area contributed by atoms with E-state index >= 15 is 0 Å². The van der Waals surface area contributed by atoms with Gasteiger partial charge in [-0.15, -0.1) is 0 Å². The quantitative estimate of drug-likeness (QED) is 0.851. The van der Waals surface area contributed by atoms with Crippen molar-refractivity contribution in [1.82, 2.24) is 9.97 Å². The monoisotopic (exact) mass is 329 g/mol. The Morgan fingerprint density at radius 2 is 2.17 bits per heavy atom. The number of nitrogens with one attached hydrogen (secondary N) is 1. The van der Waals surface area contributed by atoms with E-state index in [-0.39, 0.29) is 5.82 Å². The van der Waals surface area contributed by atoms with Gasteiger partial charge in [0.05, 0.1) is 4.47 Å². The van der Waals surface area contributed by atoms with Crippen LogP contribution in [0, 0.1) is 5.82 Å². The summed E-state index contributed by atoms with van der Waals surface area (Å²) >= 11 is 9.13. The van der Waals surface area contributed by atoms with Gasteiger partial charge in [-0.05, 0) is 40.5 Å². The van der Waals surface area contributed by atoms with Crippen LogP contribution in [0.25, 0.3) is 0 Å². The SMILES string of the molecule is CCc1c(Cl)ncnc1Nc1ccc(F)c(Br)c1. The number of hydrogen-bond acceptors (Lipinski definition) is 3. The molecule has 1 heterocycles. The molecule has 2 aromatic rings. The Morgan fingerprint density at radius 1 is 1.39 bits per heavy atom. The van der Waals surface area contributed by atoms with Crippen molar-refractivity contribution < 1.29 is 4.39 Å². The van der Waals surface area contributed by atoms with Gasteiger partial charge >= 0.3 is 0 Å². The predicted octanol–water partition coefficient (Wildman–Crippen LogP) is 4.34. The second-order valence-electron chi connectivity index (χ2n) is 3.60.